The third-order valence-electron chi connectivity index (χ3n) is 4.71. The van der Waals surface area contributed by atoms with Crippen LogP contribution in [0.1, 0.15) is 38.7 Å². The van der Waals surface area contributed by atoms with Crippen molar-refractivity contribution < 1.29 is 24.2 Å². The number of likely N-dealkylation sites (tertiary alicyclic amines) is 1. The minimum absolute atomic E-state index is 0.0775. The van der Waals surface area contributed by atoms with E-state index >= 15 is 0 Å². The average molecular weight is 409 g/mol. The second kappa shape index (κ2) is 7.36. The third-order valence-corrected chi connectivity index (χ3v) is 5.87. The summed E-state index contributed by atoms with van der Waals surface area (Å²) < 4.78 is 10.6. The highest BCUT2D eigenvalue weighted by molar-refractivity contribution is 7.09. The van der Waals surface area contributed by atoms with Crippen LogP contribution in [0.15, 0.2) is 17.5 Å². The minimum Gasteiger partial charge on any atom is -0.476 e. The van der Waals surface area contributed by atoms with Crippen LogP contribution in [0.25, 0.3) is 0 Å². The van der Waals surface area contributed by atoms with Crippen molar-refractivity contribution in [2.75, 3.05) is 19.9 Å². The Balaban J connectivity index is 1.45. The number of hydrogen-bond acceptors (Lipinski definition) is 6. The van der Waals surface area contributed by atoms with Crippen LogP contribution >= 0.6 is 22.9 Å². The molecule has 1 saturated heterocycles. The minimum atomic E-state index is -1.02. The van der Waals surface area contributed by atoms with Gasteiger partial charge in [-0.05, 0) is 30.9 Å². The summed E-state index contributed by atoms with van der Waals surface area (Å²) in [5, 5.41) is 11.7. The van der Waals surface area contributed by atoms with Crippen LogP contribution in [-0.4, -0.2) is 46.7 Å². The zero-order chi connectivity index (χ0) is 19.0. The van der Waals surface area contributed by atoms with Crippen LogP contribution in [0.5, 0.6) is 11.5 Å². The summed E-state index contributed by atoms with van der Waals surface area (Å²) >= 11 is 7.54. The van der Waals surface area contributed by atoms with Gasteiger partial charge in [-0.1, -0.05) is 11.6 Å². The molecule has 1 unspecified atom stereocenters. The fourth-order valence-electron chi connectivity index (χ4n) is 3.44. The Kier molecular flexibility index (Phi) is 4.92. The van der Waals surface area contributed by atoms with Gasteiger partial charge in [0, 0.05) is 30.5 Å². The van der Waals surface area contributed by atoms with Gasteiger partial charge in [0.1, 0.15) is 0 Å². The third kappa shape index (κ3) is 3.72. The van der Waals surface area contributed by atoms with Gasteiger partial charge in [0.15, 0.2) is 17.2 Å². The Morgan fingerprint density at radius 2 is 2.22 bits per heavy atom. The molecule has 142 valence electrons. The second-order valence-electron chi connectivity index (χ2n) is 6.59. The highest BCUT2D eigenvalue weighted by atomic mass is 35.5. The lowest BCUT2D eigenvalue weighted by molar-refractivity contribution is 0.0672. The van der Waals surface area contributed by atoms with Crippen molar-refractivity contribution in [3.8, 4) is 11.5 Å². The molecule has 3 heterocycles. The number of carbonyl (C=O) groups is 2. The van der Waals surface area contributed by atoms with Crippen molar-refractivity contribution in [3.05, 3.63) is 38.8 Å². The lowest BCUT2D eigenvalue weighted by Crippen LogP contribution is -2.40. The number of hydrogen-bond donors (Lipinski definition) is 1. The standard InChI is InChI=1S/C18H17ClN2O5S/c19-12-5-11(6-14-16(12)26-9-25-14)17(22)21-3-1-2-10(7-21)4-15-20-13(8-27-15)18(23)24/h5-6,8,10H,1-4,7,9H2,(H,23,24). The fourth-order valence-corrected chi connectivity index (χ4v) is 4.59. The molecule has 1 N–H and O–H groups in total. The van der Waals surface area contributed by atoms with Crippen LogP contribution in [0.2, 0.25) is 5.02 Å². The van der Waals surface area contributed by atoms with Crippen molar-refractivity contribution in [2.24, 2.45) is 5.92 Å². The average Bonchev–Trinajstić information content (AvgIpc) is 3.31. The molecule has 27 heavy (non-hydrogen) atoms. The number of fused-ring (bicyclic) bond motifs is 1. The largest absolute Gasteiger partial charge is 0.476 e. The molecule has 0 bridgehead atoms. The molecule has 2 aromatic rings. The summed E-state index contributed by atoms with van der Waals surface area (Å²) in [5.74, 6) is 0.106. The van der Waals surface area contributed by atoms with Crippen LogP contribution in [-0.2, 0) is 6.42 Å². The summed E-state index contributed by atoms with van der Waals surface area (Å²) in [7, 11) is 0. The number of aromatic carboxylic acids is 1. The molecule has 1 aromatic carbocycles. The molecular weight excluding hydrogens is 392 g/mol. The van der Waals surface area contributed by atoms with E-state index in [1.54, 1.807) is 17.5 Å². The molecular formula is C18H17ClN2O5S. The molecule has 1 aromatic heterocycles. The van der Waals surface area contributed by atoms with Gasteiger partial charge < -0.3 is 19.5 Å². The Morgan fingerprint density at radius 1 is 1.37 bits per heavy atom. The monoisotopic (exact) mass is 408 g/mol. The SMILES string of the molecule is O=C(O)c1csc(CC2CCCN(C(=O)c3cc(Cl)c4c(c3)OCO4)C2)n1. The number of ether oxygens (including phenoxy) is 2. The maximum absolute atomic E-state index is 12.9. The number of benzene rings is 1. The quantitative estimate of drug-likeness (QED) is 0.834. The van der Waals surface area contributed by atoms with E-state index in [0.29, 0.717) is 41.6 Å². The topological polar surface area (TPSA) is 89.0 Å². The molecule has 0 aliphatic carbocycles. The Bertz CT molecular complexity index is 900. The Hall–Kier alpha value is -2.32. The van der Waals surface area contributed by atoms with Gasteiger partial charge in [-0.2, -0.15) is 0 Å². The number of amides is 1. The second-order valence-corrected chi connectivity index (χ2v) is 7.94. The van der Waals surface area contributed by atoms with Crippen LogP contribution in [0.4, 0.5) is 0 Å². The molecule has 7 nitrogen and oxygen atoms in total. The number of rotatable bonds is 4. The number of aromatic nitrogens is 1. The van der Waals surface area contributed by atoms with Gasteiger partial charge in [-0.15, -0.1) is 11.3 Å². The molecule has 2 aliphatic rings. The van der Waals surface area contributed by atoms with E-state index in [2.05, 4.69) is 4.98 Å². The highest BCUT2D eigenvalue weighted by Crippen LogP contribution is 2.40. The molecule has 0 radical (unpaired) electrons. The van der Waals surface area contributed by atoms with Crippen LogP contribution in [0, 0.1) is 5.92 Å². The van der Waals surface area contributed by atoms with Crippen molar-refractivity contribution in [1.82, 2.24) is 9.88 Å². The molecule has 2 aliphatic heterocycles. The summed E-state index contributed by atoms with van der Waals surface area (Å²) in [6.45, 7) is 1.39. The summed E-state index contributed by atoms with van der Waals surface area (Å²) in [6, 6.07) is 3.28. The number of carbonyl (C=O) groups excluding carboxylic acids is 1. The van der Waals surface area contributed by atoms with Crippen LogP contribution < -0.4 is 9.47 Å². The Morgan fingerprint density at radius 3 is 3.00 bits per heavy atom. The van der Waals surface area contributed by atoms with E-state index in [4.69, 9.17) is 26.2 Å². The first-order valence-corrected chi connectivity index (χ1v) is 9.83. The zero-order valence-electron chi connectivity index (χ0n) is 14.3. The normalized spacial score (nSPS) is 18.6. The zero-order valence-corrected chi connectivity index (χ0v) is 15.9. The summed E-state index contributed by atoms with van der Waals surface area (Å²) in [5.41, 5.74) is 0.557. The molecule has 1 fully saturated rings. The summed E-state index contributed by atoms with van der Waals surface area (Å²) in [4.78, 5) is 29.9. The van der Waals surface area contributed by atoms with E-state index < -0.39 is 5.97 Å². The van der Waals surface area contributed by atoms with Crippen LogP contribution in [0.3, 0.4) is 0 Å². The van der Waals surface area contributed by atoms with Crippen molar-refractivity contribution in [1.29, 1.82) is 0 Å². The first kappa shape index (κ1) is 18.1. The number of piperidine rings is 1. The first-order valence-electron chi connectivity index (χ1n) is 8.57. The summed E-state index contributed by atoms with van der Waals surface area (Å²) in [6.07, 6.45) is 2.54. The van der Waals surface area contributed by atoms with Gasteiger partial charge in [0.25, 0.3) is 5.91 Å². The number of halogens is 1. The van der Waals surface area contributed by atoms with E-state index in [1.807, 2.05) is 4.90 Å². The molecule has 0 saturated carbocycles. The van der Waals surface area contributed by atoms with Gasteiger partial charge in [0.2, 0.25) is 6.79 Å². The van der Waals surface area contributed by atoms with E-state index in [9.17, 15) is 9.59 Å². The van der Waals surface area contributed by atoms with Crippen molar-refractivity contribution >= 4 is 34.8 Å². The molecule has 1 atom stereocenters. The lowest BCUT2D eigenvalue weighted by atomic mass is 9.94. The molecule has 9 heteroatoms. The predicted octanol–water partition coefficient (Wildman–Crippen LogP) is 3.32. The maximum Gasteiger partial charge on any atom is 0.355 e. The lowest BCUT2D eigenvalue weighted by Gasteiger charge is -2.32. The highest BCUT2D eigenvalue weighted by Gasteiger charge is 2.28. The van der Waals surface area contributed by atoms with Crippen molar-refractivity contribution in [3.63, 3.8) is 0 Å². The number of thiazole rings is 1. The van der Waals surface area contributed by atoms with Crippen molar-refractivity contribution in [2.45, 2.75) is 19.3 Å². The Labute approximate surface area is 164 Å². The molecule has 4 rings (SSSR count). The first-order chi connectivity index (χ1) is 13.0. The smallest absolute Gasteiger partial charge is 0.355 e. The van der Waals surface area contributed by atoms with Gasteiger partial charge in [-0.25, -0.2) is 9.78 Å². The van der Waals surface area contributed by atoms with E-state index in [1.165, 1.54) is 11.3 Å². The fraction of sp³-hybridized carbons (Fsp3) is 0.389. The number of nitrogens with zero attached hydrogens (tertiary/aromatic N) is 2. The van der Waals surface area contributed by atoms with E-state index in [-0.39, 0.29) is 24.3 Å². The van der Waals surface area contributed by atoms with E-state index in [0.717, 1.165) is 17.8 Å². The van der Waals surface area contributed by atoms with Gasteiger partial charge in [-0.3, -0.25) is 4.79 Å². The predicted molar refractivity (Wildman–Crippen MR) is 99.0 cm³/mol. The molecule has 0 spiro atoms. The van der Waals surface area contributed by atoms with Gasteiger partial charge in [0.05, 0.1) is 10.0 Å². The maximum atomic E-state index is 12.9. The molecule has 1 amide bonds. The number of carboxylic acid groups (broad SMARTS) is 1. The van der Waals surface area contributed by atoms with Gasteiger partial charge >= 0.3 is 5.97 Å². The number of carboxylic acids is 1.